The zero-order valence-electron chi connectivity index (χ0n) is 18.2. The first-order valence-corrected chi connectivity index (χ1v) is 11.1. The Hall–Kier alpha value is -2.12. The minimum absolute atomic E-state index is 0.0533. The van der Waals surface area contributed by atoms with E-state index in [-0.39, 0.29) is 5.41 Å². The van der Waals surface area contributed by atoms with Gasteiger partial charge in [0.2, 0.25) is 0 Å². The second-order valence-corrected chi connectivity index (χ2v) is 8.82. The smallest absolute Gasteiger partial charge is 0.0729 e. The van der Waals surface area contributed by atoms with Gasteiger partial charge in [0, 0.05) is 18.5 Å². The third-order valence-electron chi connectivity index (χ3n) is 4.19. The SMILES string of the molecule is CCN(CC=CC#CC(C)(C)C)Cc1cccc(C=CCOCc2ccsc2)c1. The molecule has 2 aromatic rings. The van der Waals surface area contributed by atoms with Crippen LogP contribution < -0.4 is 0 Å². The molecular weight excluding hydrogens is 374 g/mol. The average Bonchev–Trinajstić information content (AvgIpc) is 3.19. The molecule has 0 spiro atoms. The number of nitrogens with zero attached hydrogens (tertiary/aromatic N) is 1. The Balaban J connectivity index is 1.81. The zero-order valence-corrected chi connectivity index (χ0v) is 19.0. The van der Waals surface area contributed by atoms with Crippen molar-refractivity contribution in [3.63, 3.8) is 0 Å². The number of hydrogen-bond donors (Lipinski definition) is 0. The van der Waals surface area contributed by atoms with Gasteiger partial charge in [-0.3, -0.25) is 4.90 Å². The number of hydrogen-bond acceptors (Lipinski definition) is 3. The summed E-state index contributed by atoms with van der Waals surface area (Å²) in [5.74, 6) is 6.38. The topological polar surface area (TPSA) is 12.5 Å². The largest absolute Gasteiger partial charge is 0.373 e. The fourth-order valence-electron chi connectivity index (χ4n) is 2.68. The number of likely N-dealkylation sites (N-methyl/N-ethyl adjacent to an activating group) is 1. The molecule has 154 valence electrons. The number of benzene rings is 1. The zero-order chi connectivity index (χ0) is 21.0. The summed E-state index contributed by atoms with van der Waals surface area (Å²) in [7, 11) is 0. The maximum Gasteiger partial charge on any atom is 0.0729 e. The predicted molar refractivity (Wildman–Crippen MR) is 127 cm³/mol. The minimum atomic E-state index is 0.0533. The highest BCUT2D eigenvalue weighted by Crippen LogP contribution is 2.11. The molecule has 1 aromatic heterocycles. The van der Waals surface area contributed by atoms with E-state index in [1.165, 1.54) is 16.7 Å². The van der Waals surface area contributed by atoms with Crippen molar-refractivity contribution >= 4 is 17.4 Å². The molecule has 0 N–H and O–H groups in total. The van der Waals surface area contributed by atoms with E-state index in [1.807, 2.05) is 6.08 Å². The summed E-state index contributed by atoms with van der Waals surface area (Å²) < 4.78 is 5.69. The van der Waals surface area contributed by atoms with Gasteiger partial charge in [0.15, 0.2) is 0 Å². The van der Waals surface area contributed by atoms with Crippen LogP contribution in [-0.2, 0) is 17.9 Å². The summed E-state index contributed by atoms with van der Waals surface area (Å²) in [5.41, 5.74) is 3.83. The summed E-state index contributed by atoms with van der Waals surface area (Å²) in [4.78, 5) is 2.40. The molecular formula is C26H33NOS. The lowest BCUT2D eigenvalue weighted by Gasteiger charge is -2.18. The molecule has 0 amide bonds. The lowest BCUT2D eigenvalue weighted by atomic mass is 9.98. The highest BCUT2D eigenvalue weighted by molar-refractivity contribution is 7.07. The lowest BCUT2D eigenvalue weighted by molar-refractivity contribution is 0.149. The molecule has 0 radical (unpaired) electrons. The number of rotatable bonds is 10. The third-order valence-corrected chi connectivity index (χ3v) is 4.92. The van der Waals surface area contributed by atoms with Crippen LogP contribution in [0.15, 0.2) is 59.3 Å². The molecule has 0 aliphatic heterocycles. The lowest BCUT2D eigenvalue weighted by Crippen LogP contribution is -2.22. The first kappa shape index (κ1) is 23.2. The van der Waals surface area contributed by atoms with Crippen molar-refractivity contribution in [1.82, 2.24) is 4.90 Å². The van der Waals surface area contributed by atoms with Crippen LogP contribution >= 0.6 is 11.3 Å². The second-order valence-electron chi connectivity index (χ2n) is 8.04. The van der Waals surface area contributed by atoms with Gasteiger partial charge < -0.3 is 4.74 Å². The van der Waals surface area contributed by atoms with Gasteiger partial charge in [0.25, 0.3) is 0 Å². The van der Waals surface area contributed by atoms with E-state index in [1.54, 1.807) is 11.3 Å². The summed E-state index contributed by atoms with van der Waals surface area (Å²) in [6, 6.07) is 10.8. The Bertz CT molecular complexity index is 832. The number of allylic oxidation sites excluding steroid dienone is 1. The Kier molecular flexibility index (Phi) is 9.94. The first-order chi connectivity index (χ1) is 14.0. The molecule has 0 atom stereocenters. The molecule has 0 aliphatic carbocycles. The summed E-state index contributed by atoms with van der Waals surface area (Å²) in [5, 5.41) is 4.20. The molecule has 0 aliphatic rings. The van der Waals surface area contributed by atoms with Gasteiger partial charge in [-0.05, 0) is 66.9 Å². The van der Waals surface area contributed by atoms with Gasteiger partial charge in [-0.25, -0.2) is 0 Å². The highest BCUT2D eigenvalue weighted by Gasteiger charge is 2.03. The maximum atomic E-state index is 5.69. The fraction of sp³-hybridized carbons (Fsp3) is 0.385. The predicted octanol–water partition coefficient (Wildman–Crippen LogP) is 6.41. The Morgan fingerprint density at radius 2 is 2.00 bits per heavy atom. The van der Waals surface area contributed by atoms with E-state index in [0.29, 0.717) is 13.2 Å². The van der Waals surface area contributed by atoms with Crippen LogP contribution in [0.3, 0.4) is 0 Å². The van der Waals surface area contributed by atoms with Crippen molar-refractivity contribution in [3.8, 4) is 11.8 Å². The molecule has 3 heteroatoms. The second kappa shape index (κ2) is 12.4. The van der Waals surface area contributed by atoms with Crippen molar-refractivity contribution in [1.29, 1.82) is 0 Å². The van der Waals surface area contributed by atoms with E-state index in [0.717, 1.165) is 19.6 Å². The van der Waals surface area contributed by atoms with Crippen molar-refractivity contribution < 1.29 is 4.74 Å². The van der Waals surface area contributed by atoms with Gasteiger partial charge in [-0.2, -0.15) is 11.3 Å². The van der Waals surface area contributed by atoms with Crippen molar-refractivity contribution in [2.24, 2.45) is 5.41 Å². The van der Waals surface area contributed by atoms with Crippen LogP contribution in [0.4, 0.5) is 0 Å². The van der Waals surface area contributed by atoms with Crippen LogP contribution in [0.5, 0.6) is 0 Å². The van der Waals surface area contributed by atoms with E-state index >= 15 is 0 Å². The summed E-state index contributed by atoms with van der Waals surface area (Å²) in [6.07, 6.45) is 8.34. The molecule has 1 heterocycles. The van der Waals surface area contributed by atoms with Crippen molar-refractivity contribution in [3.05, 3.63) is 76.0 Å². The monoisotopic (exact) mass is 407 g/mol. The molecule has 0 unspecified atom stereocenters. The molecule has 0 saturated carbocycles. The van der Waals surface area contributed by atoms with Gasteiger partial charge in [0.1, 0.15) is 0 Å². The van der Waals surface area contributed by atoms with Crippen molar-refractivity contribution in [2.45, 2.75) is 40.8 Å². The van der Waals surface area contributed by atoms with E-state index < -0.39 is 0 Å². The number of thiophene rings is 1. The van der Waals surface area contributed by atoms with Crippen LogP contribution in [0.2, 0.25) is 0 Å². The first-order valence-electron chi connectivity index (χ1n) is 10.2. The Labute approximate surface area is 180 Å². The van der Waals surface area contributed by atoms with E-state index in [9.17, 15) is 0 Å². The third kappa shape index (κ3) is 10.3. The van der Waals surface area contributed by atoms with E-state index in [4.69, 9.17) is 4.74 Å². The Morgan fingerprint density at radius 3 is 2.72 bits per heavy atom. The molecule has 0 bridgehead atoms. The molecule has 1 aromatic carbocycles. The molecule has 2 nitrogen and oxygen atoms in total. The van der Waals surface area contributed by atoms with Gasteiger partial charge in [-0.15, -0.1) is 0 Å². The average molecular weight is 408 g/mol. The molecule has 0 saturated heterocycles. The van der Waals surface area contributed by atoms with Gasteiger partial charge >= 0.3 is 0 Å². The van der Waals surface area contributed by atoms with Crippen LogP contribution in [0.1, 0.15) is 44.4 Å². The maximum absolute atomic E-state index is 5.69. The number of ether oxygens (including phenoxy) is 1. The van der Waals surface area contributed by atoms with Crippen LogP contribution in [0.25, 0.3) is 6.08 Å². The standard InChI is InChI=1S/C26H33NOS/c1-5-27(16-8-6-7-15-26(2,3)4)20-24-12-9-11-23(19-24)13-10-17-28-21-25-14-18-29-22-25/h6,8-14,18-19,22H,5,16-17,20-21H2,1-4H3. The minimum Gasteiger partial charge on any atom is -0.373 e. The van der Waals surface area contributed by atoms with Crippen LogP contribution in [0, 0.1) is 17.3 Å². The normalized spacial score (nSPS) is 12.0. The fourth-order valence-corrected chi connectivity index (χ4v) is 3.33. The Morgan fingerprint density at radius 1 is 1.14 bits per heavy atom. The molecule has 2 rings (SSSR count). The van der Waals surface area contributed by atoms with Gasteiger partial charge in [-0.1, -0.05) is 61.3 Å². The quantitative estimate of drug-likeness (QED) is 0.333. The molecule has 29 heavy (non-hydrogen) atoms. The molecule has 0 fully saturated rings. The highest BCUT2D eigenvalue weighted by atomic mass is 32.1. The van der Waals surface area contributed by atoms with Crippen molar-refractivity contribution in [2.75, 3.05) is 19.7 Å². The van der Waals surface area contributed by atoms with Gasteiger partial charge in [0.05, 0.1) is 13.2 Å². The van der Waals surface area contributed by atoms with E-state index in [2.05, 4.69) is 104 Å². The summed E-state index contributed by atoms with van der Waals surface area (Å²) >= 11 is 1.70. The van der Waals surface area contributed by atoms with Crippen LogP contribution in [-0.4, -0.2) is 24.6 Å². The summed E-state index contributed by atoms with van der Waals surface area (Å²) in [6.45, 7) is 12.7.